The lowest BCUT2D eigenvalue weighted by Gasteiger charge is -2.14. The van der Waals surface area contributed by atoms with E-state index in [-0.39, 0.29) is 0 Å². The summed E-state index contributed by atoms with van der Waals surface area (Å²) in [4.78, 5) is 0. The number of rotatable bonds is 6. The van der Waals surface area contributed by atoms with Crippen molar-refractivity contribution in [3.63, 3.8) is 0 Å². The summed E-state index contributed by atoms with van der Waals surface area (Å²) >= 11 is 0. The summed E-state index contributed by atoms with van der Waals surface area (Å²) in [5.74, 6) is 0. The summed E-state index contributed by atoms with van der Waals surface area (Å²) < 4.78 is 0. The van der Waals surface area contributed by atoms with Crippen LogP contribution in [0.25, 0.3) is 0 Å². The molecule has 1 heteroatoms. The molecule has 0 saturated carbocycles. The van der Waals surface area contributed by atoms with E-state index in [1.54, 1.807) is 0 Å². The number of hydrogen-bond acceptors (Lipinski definition) is 1. The third-order valence-corrected chi connectivity index (χ3v) is 1.68. The van der Waals surface area contributed by atoms with Crippen LogP contribution in [0.1, 0.15) is 46.5 Å². The molecule has 61 valence electrons. The first kappa shape index (κ1) is 9.96. The molecular weight excluding hydrogens is 122 g/mol. The van der Waals surface area contributed by atoms with Crippen molar-refractivity contribution in [3.8, 4) is 0 Å². The van der Waals surface area contributed by atoms with Gasteiger partial charge in [0.05, 0.1) is 0 Å². The highest BCUT2D eigenvalue weighted by molar-refractivity contribution is 4.68. The summed E-state index contributed by atoms with van der Waals surface area (Å²) in [5, 5.41) is 3.36. The van der Waals surface area contributed by atoms with Crippen LogP contribution in [-0.4, -0.2) is 6.04 Å². The predicted molar refractivity (Wildman–Crippen MR) is 46.7 cm³/mol. The van der Waals surface area contributed by atoms with Crippen LogP contribution in [0, 0.1) is 6.54 Å². The normalized spacial score (nSPS) is 10.8. The van der Waals surface area contributed by atoms with Gasteiger partial charge in [0.15, 0.2) is 0 Å². The molecule has 1 nitrogen and oxygen atoms in total. The van der Waals surface area contributed by atoms with E-state index in [4.69, 9.17) is 0 Å². The molecule has 10 heavy (non-hydrogen) atoms. The van der Waals surface area contributed by atoms with Gasteiger partial charge in [-0.1, -0.05) is 26.7 Å². The third kappa shape index (κ3) is 4.80. The largest absolute Gasteiger partial charge is 0.310 e. The van der Waals surface area contributed by atoms with Crippen LogP contribution in [0.5, 0.6) is 0 Å². The minimum atomic E-state index is 0.722. The zero-order valence-electron chi connectivity index (χ0n) is 7.48. The Kier molecular flexibility index (Phi) is 7.04. The van der Waals surface area contributed by atoms with Crippen molar-refractivity contribution in [1.82, 2.24) is 5.32 Å². The molecule has 0 aliphatic rings. The van der Waals surface area contributed by atoms with E-state index in [0.717, 1.165) is 6.04 Å². The first-order valence-electron chi connectivity index (χ1n) is 4.39. The standard InChI is InChI=1S/C9H20N/c1-4-7-9(8-5-2)10-6-3/h6,9-10H,4-5,7-8H2,1-3H3. The van der Waals surface area contributed by atoms with Crippen molar-refractivity contribution in [2.45, 2.75) is 52.5 Å². The molecule has 0 amide bonds. The zero-order chi connectivity index (χ0) is 7.82. The molecule has 0 fully saturated rings. The van der Waals surface area contributed by atoms with Crippen LogP contribution >= 0.6 is 0 Å². The summed E-state index contributed by atoms with van der Waals surface area (Å²) in [6, 6.07) is 0.722. The smallest absolute Gasteiger partial charge is 0.0192 e. The Bertz CT molecular complexity index is 47.5. The zero-order valence-corrected chi connectivity index (χ0v) is 7.48. The molecular formula is C9H20N. The molecule has 0 unspecified atom stereocenters. The molecule has 1 radical (unpaired) electrons. The van der Waals surface area contributed by atoms with E-state index in [2.05, 4.69) is 32.6 Å². The van der Waals surface area contributed by atoms with Gasteiger partial charge in [-0.15, -0.1) is 0 Å². The van der Waals surface area contributed by atoms with Crippen LogP contribution in [0.3, 0.4) is 0 Å². The van der Waals surface area contributed by atoms with Gasteiger partial charge in [-0.2, -0.15) is 0 Å². The molecule has 0 rings (SSSR count). The maximum absolute atomic E-state index is 3.36. The fourth-order valence-corrected chi connectivity index (χ4v) is 1.24. The van der Waals surface area contributed by atoms with Gasteiger partial charge in [0.2, 0.25) is 0 Å². The van der Waals surface area contributed by atoms with Gasteiger partial charge in [0.1, 0.15) is 0 Å². The van der Waals surface area contributed by atoms with Crippen LogP contribution in [0.2, 0.25) is 0 Å². The lowest BCUT2D eigenvalue weighted by Crippen LogP contribution is -2.25. The van der Waals surface area contributed by atoms with Crippen molar-refractivity contribution < 1.29 is 0 Å². The van der Waals surface area contributed by atoms with E-state index in [0.29, 0.717) is 0 Å². The molecule has 0 aliphatic heterocycles. The number of nitrogens with one attached hydrogen (secondary N) is 1. The van der Waals surface area contributed by atoms with Crippen molar-refractivity contribution in [2.24, 2.45) is 0 Å². The minimum absolute atomic E-state index is 0.722. The molecule has 0 aromatic heterocycles. The molecule has 0 saturated heterocycles. The van der Waals surface area contributed by atoms with E-state index in [1.807, 2.05) is 0 Å². The predicted octanol–water partition coefficient (Wildman–Crippen LogP) is 2.73. The molecule has 0 aromatic carbocycles. The van der Waals surface area contributed by atoms with Crippen molar-refractivity contribution >= 4 is 0 Å². The minimum Gasteiger partial charge on any atom is -0.310 e. The lowest BCUT2D eigenvalue weighted by atomic mass is 10.1. The van der Waals surface area contributed by atoms with E-state index in [9.17, 15) is 0 Å². The van der Waals surface area contributed by atoms with Gasteiger partial charge in [0.25, 0.3) is 0 Å². The Morgan fingerprint density at radius 2 is 1.70 bits per heavy atom. The molecule has 0 spiro atoms. The van der Waals surface area contributed by atoms with Crippen molar-refractivity contribution in [1.29, 1.82) is 0 Å². The molecule has 0 atom stereocenters. The van der Waals surface area contributed by atoms with Crippen LogP contribution in [0.15, 0.2) is 0 Å². The number of hydrogen-bond donors (Lipinski definition) is 1. The highest BCUT2D eigenvalue weighted by atomic mass is 14.9. The van der Waals surface area contributed by atoms with Gasteiger partial charge in [-0.3, -0.25) is 0 Å². The summed E-state index contributed by atoms with van der Waals surface area (Å²) in [6.45, 7) is 8.58. The van der Waals surface area contributed by atoms with E-state index < -0.39 is 0 Å². The van der Waals surface area contributed by atoms with Gasteiger partial charge in [-0.05, 0) is 19.8 Å². The van der Waals surface area contributed by atoms with Gasteiger partial charge in [0, 0.05) is 12.6 Å². The quantitative estimate of drug-likeness (QED) is 0.601. The molecule has 0 aromatic rings. The Morgan fingerprint density at radius 3 is 2.00 bits per heavy atom. The second kappa shape index (κ2) is 7.07. The topological polar surface area (TPSA) is 12.0 Å². The van der Waals surface area contributed by atoms with Crippen LogP contribution in [0.4, 0.5) is 0 Å². The average molecular weight is 142 g/mol. The summed E-state index contributed by atoms with van der Waals surface area (Å²) in [5.41, 5.74) is 0. The Morgan fingerprint density at radius 1 is 1.20 bits per heavy atom. The second-order valence-electron chi connectivity index (χ2n) is 2.73. The Labute approximate surface area is 65.2 Å². The Balaban J connectivity index is 3.30. The highest BCUT2D eigenvalue weighted by Gasteiger charge is 2.02. The second-order valence-corrected chi connectivity index (χ2v) is 2.73. The summed E-state index contributed by atoms with van der Waals surface area (Å²) in [7, 11) is 0. The summed E-state index contributed by atoms with van der Waals surface area (Å²) in [6.07, 6.45) is 5.17. The Hall–Kier alpha value is -0.0400. The van der Waals surface area contributed by atoms with Crippen molar-refractivity contribution in [2.75, 3.05) is 0 Å². The SMILES string of the molecule is C[CH]NC(CCC)CCC. The van der Waals surface area contributed by atoms with Gasteiger partial charge < -0.3 is 5.32 Å². The molecule has 1 N–H and O–H groups in total. The average Bonchev–Trinajstić information content (AvgIpc) is 1.90. The van der Waals surface area contributed by atoms with Crippen molar-refractivity contribution in [3.05, 3.63) is 6.54 Å². The first-order chi connectivity index (χ1) is 4.85. The monoisotopic (exact) mass is 142 g/mol. The molecule has 0 bridgehead atoms. The lowest BCUT2D eigenvalue weighted by molar-refractivity contribution is 0.479. The maximum atomic E-state index is 3.36. The van der Waals surface area contributed by atoms with Crippen LogP contribution in [-0.2, 0) is 0 Å². The van der Waals surface area contributed by atoms with E-state index >= 15 is 0 Å². The molecule has 0 aliphatic carbocycles. The third-order valence-electron chi connectivity index (χ3n) is 1.68. The van der Waals surface area contributed by atoms with E-state index in [1.165, 1.54) is 25.7 Å². The maximum Gasteiger partial charge on any atom is 0.0192 e. The van der Waals surface area contributed by atoms with Gasteiger partial charge in [-0.25, -0.2) is 0 Å². The fourth-order valence-electron chi connectivity index (χ4n) is 1.24. The fraction of sp³-hybridized carbons (Fsp3) is 0.889. The molecule has 0 heterocycles. The highest BCUT2D eigenvalue weighted by Crippen LogP contribution is 2.03. The van der Waals surface area contributed by atoms with Crippen LogP contribution < -0.4 is 5.32 Å². The first-order valence-corrected chi connectivity index (χ1v) is 4.39. The van der Waals surface area contributed by atoms with Gasteiger partial charge >= 0.3 is 0 Å².